The first kappa shape index (κ1) is 19.1. The van der Waals surface area contributed by atoms with Gasteiger partial charge in [-0.1, -0.05) is 0 Å². The maximum atomic E-state index is 12.6. The minimum Gasteiger partial charge on any atom is -0.444 e. The summed E-state index contributed by atoms with van der Waals surface area (Å²) in [7, 11) is 0. The molecule has 1 atom stereocenters. The van der Waals surface area contributed by atoms with Gasteiger partial charge in [-0.25, -0.2) is 4.79 Å². The third kappa shape index (κ3) is 4.64. The Bertz CT molecular complexity index is 664. The Kier molecular flexibility index (Phi) is 5.01. The molecule has 0 aliphatic carbocycles. The Hall–Kier alpha value is -2.26. The number of aromatic nitrogens is 2. The SMILES string of the molecule is C[C@@H](NC(=O)c1cnn2c1CN(C(=O)OC(C)(C)C)CC2)C(F)(F)F. The largest absolute Gasteiger partial charge is 0.444 e. The van der Waals surface area contributed by atoms with Gasteiger partial charge in [0.1, 0.15) is 11.6 Å². The molecule has 1 aromatic rings. The van der Waals surface area contributed by atoms with E-state index in [1.165, 1.54) is 15.8 Å². The van der Waals surface area contributed by atoms with Crippen molar-refractivity contribution >= 4 is 12.0 Å². The molecule has 1 aliphatic heterocycles. The number of alkyl halides is 3. The van der Waals surface area contributed by atoms with Gasteiger partial charge in [0, 0.05) is 6.54 Å². The van der Waals surface area contributed by atoms with E-state index in [2.05, 4.69) is 5.10 Å². The maximum absolute atomic E-state index is 12.6. The normalized spacial score (nSPS) is 16.2. The van der Waals surface area contributed by atoms with Crippen LogP contribution < -0.4 is 5.32 Å². The predicted molar refractivity (Wildman–Crippen MR) is 81.9 cm³/mol. The van der Waals surface area contributed by atoms with Crippen LogP contribution in [0.5, 0.6) is 0 Å². The van der Waals surface area contributed by atoms with Crippen LogP contribution in [-0.2, 0) is 17.8 Å². The van der Waals surface area contributed by atoms with Gasteiger partial charge in [0.25, 0.3) is 5.91 Å². The first-order chi connectivity index (χ1) is 11.4. The zero-order chi connectivity index (χ0) is 19.0. The molecule has 25 heavy (non-hydrogen) atoms. The first-order valence-electron chi connectivity index (χ1n) is 7.78. The lowest BCUT2D eigenvalue weighted by Gasteiger charge is -2.30. The number of fused-ring (bicyclic) bond motifs is 1. The monoisotopic (exact) mass is 362 g/mol. The summed E-state index contributed by atoms with van der Waals surface area (Å²) in [5, 5.41) is 5.91. The molecule has 0 saturated carbocycles. The highest BCUT2D eigenvalue weighted by Crippen LogP contribution is 2.22. The lowest BCUT2D eigenvalue weighted by Crippen LogP contribution is -2.44. The van der Waals surface area contributed by atoms with Crippen LogP contribution in [0.1, 0.15) is 43.7 Å². The van der Waals surface area contributed by atoms with Gasteiger partial charge in [-0.05, 0) is 27.7 Å². The molecule has 0 unspecified atom stereocenters. The molecule has 2 heterocycles. The number of amides is 2. The summed E-state index contributed by atoms with van der Waals surface area (Å²) in [6.07, 6.45) is -3.87. The molecule has 0 aromatic carbocycles. The fraction of sp³-hybridized carbons (Fsp3) is 0.667. The summed E-state index contributed by atoms with van der Waals surface area (Å²) < 4.78 is 44.6. The summed E-state index contributed by atoms with van der Waals surface area (Å²) in [4.78, 5) is 25.7. The summed E-state index contributed by atoms with van der Waals surface area (Å²) in [6, 6.07) is -1.99. The second kappa shape index (κ2) is 6.57. The minimum absolute atomic E-state index is 0.0179. The average molecular weight is 362 g/mol. The molecule has 0 fully saturated rings. The number of nitrogens with zero attached hydrogens (tertiary/aromatic N) is 3. The third-order valence-electron chi connectivity index (χ3n) is 3.61. The number of carbonyl (C=O) groups excluding carboxylic acids is 2. The second-order valence-electron chi connectivity index (χ2n) is 6.87. The molecule has 7 nitrogen and oxygen atoms in total. The molecule has 1 N–H and O–H groups in total. The van der Waals surface area contributed by atoms with E-state index < -0.39 is 29.8 Å². The topological polar surface area (TPSA) is 76.5 Å². The van der Waals surface area contributed by atoms with Crippen molar-refractivity contribution in [2.45, 2.75) is 58.6 Å². The zero-order valence-electron chi connectivity index (χ0n) is 14.5. The van der Waals surface area contributed by atoms with Crippen LogP contribution in [0.2, 0.25) is 0 Å². The molecule has 0 spiro atoms. The van der Waals surface area contributed by atoms with Crippen LogP contribution in [0.25, 0.3) is 0 Å². The van der Waals surface area contributed by atoms with Gasteiger partial charge in [-0.3, -0.25) is 9.48 Å². The van der Waals surface area contributed by atoms with E-state index in [4.69, 9.17) is 4.74 Å². The number of rotatable bonds is 2. The summed E-state index contributed by atoms with van der Waals surface area (Å²) in [5.41, 5.74) is -0.273. The van der Waals surface area contributed by atoms with Crippen LogP contribution in [0.15, 0.2) is 6.20 Å². The highest BCUT2D eigenvalue weighted by molar-refractivity contribution is 5.95. The standard InChI is InChI=1S/C15H21F3N4O3/c1-9(15(16,17)18)20-12(23)10-7-19-22-6-5-21(8-11(10)22)13(24)25-14(2,3)4/h7,9H,5-6,8H2,1-4H3,(H,20,23)/t9-/m1/s1. The molecule has 0 bridgehead atoms. The van der Waals surface area contributed by atoms with Crippen molar-refractivity contribution in [1.29, 1.82) is 0 Å². The molecule has 2 rings (SSSR count). The van der Waals surface area contributed by atoms with Crippen molar-refractivity contribution in [1.82, 2.24) is 20.0 Å². The van der Waals surface area contributed by atoms with E-state index in [9.17, 15) is 22.8 Å². The van der Waals surface area contributed by atoms with Gasteiger partial charge in [0.2, 0.25) is 0 Å². The number of hydrogen-bond acceptors (Lipinski definition) is 4. The predicted octanol–water partition coefficient (Wildman–Crippen LogP) is 2.31. The lowest BCUT2D eigenvalue weighted by molar-refractivity contribution is -0.149. The number of halogens is 3. The molecular weight excluding hydrogens is 341 g/mol. The van der Waals surface area contributed by atoms with Crippen molar-refractivity contribution in [2.24, 2.45) is 0 Å². The van der Waals surface area contributed by atoms with E-state index in [1.54, 1.807) is 20.8 Å². The fourth-order valence-corrected chi connectivity index (χ4v) is 2.27. The van der Waals surface area contributed by atoms with E-state index in [1.807, 2.05) is 5.32 Å². The van der Waals surface area contributed by atoms with Crippen LogP contribution in [0.4, 0.5) is 18.0 Å². The van der Waals surface area contributed by atoms with Crippen LogP contribution in [0.3, 0.4) is 0 Å². The van der Waals surface area contributed by atoms with Gasteiger partial charge >= 0.3 is 12.3 Å². The quantitative estimate of drug-likeness (QED) is 0.876. The van der Waals surface area contributed by atoms with Crippen LogP contribution in [0, 0.1) is 0 Å². The molecule has 0 saturated heterocycles. The smallest absolute Gasteiger partial charge is 0.410 e. The van der Waals surface area contributed by atoms with E-state index in [0.717, 1.165) is 6.92 Å². The molecule has 1 aliphatic rings. The highest BCUT2D eigenvalue weighted by atomic mass is 19.4. The Morgan fingerprint density at radius 2 is 1.92 bits per heavy atom. The van der Waals surface area contributed by atoms with E-state index >= 15 is 0 Å². The second-order valence-corrected chi connectivity index (χ2v) is 6.87. The molecule has 2 amide bonds. The Balaban J connectivity index is 2.13. The maximum Gasteiger partial charge on any atom is 0.410 e. The molecule has 140 valence electrons. The van der Waals surface area contributed by atoms with Crippen LogP contribution in [-0.4, -0.2) is 51.0 Å². The first-order valence-corrected chi connectivity index (χ1v) is 7.78. The molecule has 0 radical (unpaired) electrons. The van der Waals surface area contributed by atoms with Crippen LogP contribution >= 0.6 is 0 Å². The van der Waals surface area contributed by atoms with Gasteiger partial charge in [0.15, 0.2) is 0 Å². The zero-order valence-corrected chi connectivity index (χ0v) is 14.5. The van der Waals surface area contributed by atoms with Crippen molar-refractivity contribution in [3.63, 3.8) is 0 Å². The molecular formula is C15H21F3N4O3. The minimum atomic E-state index is -4.54. The number of hydrogen-bond donors (Lipinski definition) is 1. The van der Waals surface area contributed by atoms with Gasteiger partial charge in [0.05, 0.1) is 30.5 Å². The molecule has 1 aromatic heterocycles. The fourth-order valence-electron chi connectivity index (χ4n) is 2.27. The average Bonchev–Trinajstić information content (AvgIpc) is 2.87. The number of nitrogens with one attached hydrogen (secondary N) is 1. The Morgan fingerprint density at radius 1 is 1.28 bits per heavy atom. The van der Waals surface area contributed by atoms with E-state index in [0.29, 0.717) is 18.8 Å². The summed E-state index contributed by atoms with van der Waals surface area (Å²) >= 11 is 0. The van der Waals surface area contributed by atoms with Crippen molar-refractivity contribution in [2.75, 3.05) is 6.54 Å². The van der Waals surface area contributed by atoms with Gasteiger partial charge < -0.3 is 15.0 Å². The van der Waals surface area contributed by atoms with E-state index in [-0.39, 0.29) is 12.1 Å². The number of ether oxygens (including phenoxy) is 1. The lowest BCUT2D eigenvalue weighted by atomic mass is 10.1. The number of carbonyl (C=O) groups is 2. The highest BCUT2D eigenvalue weighted by Gasteiger charge is 2.38. The van der Waals surface area contributed by atoms with Crippen molar-refractivity contribution in [3.8, 4) is 0 Å². The Morgan fingerprint density at radius 3 is 2.48 bits per heavy atom. The van der Waals surface area contributed by atoms with Gasteiger partial charge in [-0.2, -0.15) is 18.3 Å². The third-order valence-corrected chi connectivity index (χ3v) is 3.61. The summed E-state index contributed by atoms with van der Waals surface area (Å²) in [6.45, 7) is 6.77. The van der Waals surface area contributed by atoms with Gasteiger partial charge in [-0.15, -0.1) is 0 Å². The van der Waals surface area contributed by atoms with Crippen molar-refractivity contribution < 1.29 is 27.5 Å². The summed E-state index contributed by atoms with van der Waals surface area (Å²) in [5.74, 6) is -0.878. The Labute approximate surface area is 143 Å². The molecule has 10 heteroatoms. The van der Waals surface area contributed by atoms with Crippen molar-refractivity contribution in [3.05, 3.63) is 17.5 Å².